The van der Waals surface area contributed by atoms with Gasteiger partial charge in [-0.1, -0.05) is 96.2 Å². The fraction of sp³-hybridized carbons (Fsp3) is 0.310. The van der Waals surface area contributed by atoms with Crippen molar-refractivity contribution in [2.24, 2.45) is 5.16 Å². The number of nitrogens with zero attached hydrogens (tertiary/aromatic N) is 1. The van der Waals surface area contributed by atoms with Gasteiger partial charge in [0.1, 0.15) is 18.3 Å². The number of hydrogen-bond acceptors (Lipinski definition) is 7. The number of amides is 1. The van der Waals surface area contributed by atoms with Crippen molar-refractivity contribution in [2.75, 3.05) is 6.54 Å². The molecule has 0 spiro atoms. The van der Waals surface area contributed by atoms with E-state index in [-0.39, 0.29) is 31.6 Å². The minimum atomic E-state index is -0.844. The van der Waals surface area contributed by atoms with E-state index in [1.165, 1.54) is 6.92 Å². The van der Waals surface area contributed by atoms with Gasteiger partial charge in [0.05, 0.1) is 26.4 Å². The maximum Gasteiger partial charge on any atom is 0.258 e. The minimum Gasteiger partial charge on any atom is -0.469 e. The van der Waals surface area contributed by atoms with Crippen molar-refractivity contribution in [1.29, 1.82) is 0 Å². The molecule has 1 amide bonds. The molecule has 4 atom stereocenters. The van der Waals surface area contributed by atoms with Gasteiger partial charge >= 0.3 is 0 Å². The largest absolute Gasteiger partial charge is 0.469 e. The van der Waals surface area contributed by atoms with Crippen molar-refractivity contribution in [3.05, 3.63) is 108 Å². The summed E-state index contributed by atoms with van der Waals surface area (Å²) in [6.07, 6.45) is -2.84. The Balaban J connectivity index is 1.61. The van der Waals surface area contributed by atoms with Gasteiger partial charge in [0.15, 0.2) is 6.10 Å². The topological polar surface area (TPSA) is 98.6 Å². The number of carbonyl (C=O) groups excluding carboxylic acids is 1. The normalized spacial score (nSPS) is 22.4. The molecule has 3 aromatic rings. The van der Waals surface area contributed by atoms with Crippen molar-refractivity contribution in [1.82, 2.24) is 5.32 Å². The highest BCUT2D eigenvalue weighted by atomic mass is 16.6. The Morgan fingerprint density at radius 2 is 1.24 bits per heavy atom. The number of benzene rings is 3. The molecule has 1 aliphatic heterocycles. The molecule has 4 unspecified atom stereocenters. The van der Waals surface area contributed by atoms with Crippen molar-refractivity contribution >= 4 is 11.8 Å². The van der Waals surface area contributed by atoms with E-state index in [2.05, 4.69) is 10.5 Å². The van der Waals surface area contributed by atoms with Gasteiger partial charge in [-0.15, -0.1) is 0 Å². The summed E-state index contributed by atoms with van der Waals surface area (Å²) in [5.74, 6) is -0.235. The fourth-order valence-corrected chi connectivity index (χ4v) is 4.14. The average Bonchev–Trinajstić information content (AvgIpc) is 2.94. The third-order valence-corrected chi connectivity index (χ3v) is 6.00. The summed E-state index contributed by atoms with van der Waals surface area (Å²) in [5, 5.41) is 16.0. The van der Waals surface area contributed by atoms with Crippen LogP contribution >= 0.6 is 0 Å². The first-order chi connectivity index (χ1) is 18.1. The van der Waals surface area contributed by atoms with Gasteiger partial charge in [0.2, 0.25) is 5.91 Å². The average molecular weight is 505 g/mol. The van der Waals surface area contributed by atoms with Gasteiger partial charge in [0.25, 0.3) is 5.90 Å². The maximum absolute atomic E-state index is 11.7. The summed E-state index contributed by atoms with van der Waals surface area (Å²) in [7, 11) is 0. The molecule has 37 heavy (non-hydrogen) atoms. The number of rotatable bonds is 11. The van der Waals surface area contributed by atoms with Crippen LogP contribution in [0, 0.1) is 0 Å². The summed E-state index contributed by atoms with van der Waals surface area (Å²) in [5.41, 5.74) is 2.90. The van der Waals surface area contributed by atoms with Gasteiger partial charge in [-0.3, -0.25) is 4.79 Å². The van der Waals surface area contributed by atoms with Crippen molar-refractivity contribution in [2.45, 2.75) is 51.2 Å². The second-order valence-electron chi connectivity index (χ2n) is 8.77. The van der Waals surface area contributed by atoms with E-state index in [4.69, 9.17) is 18.9 Å². The molecule has 3 aromatic carbocycles. The molecule has 194 valence electrons. The van der Waals surface area contributed by atoms with Crippen LogP contribution in [-0.2, 0) is 43.6 Å². The van der Waals surface area contributed by atoms with Crippen molar-refractivity contribution < 1.29 is 28.9 Å². The number of hydrogen-bond donors (Lipinski definition) is 2. The lowest BCUT2D eigenvalue weighted by Crippen LogP contribution is -2.60. The molecule has 1 saturated heterocycles. The lowest BCUT2D eigenvalue weighted by molar-refractivity contribution is -0.187. The van der Waals surface area contributed by atoms with Crippen LogP contribution in [0.1, 0.15) is 23.6 Å². The molecule has 1 heterocycles. The number of carbonyl (C=O) groups is 1. The number of oxime groups is 1. The monoisotopic (exact) mass is 504 g/mol. The highest BCUT2D eigenvalue weighted by molar-refractivity contribution is 5.82. The Kier molecular flexibility index (Phi) is 9.65. The first-order valence-electron chi connectivity index (χ1n) is 12.2. The zero-order valence-electron chi connectivity index (χ0n) is 20.7. The molecule has 0 aromatic heterocycles. The molecule has 4 rings (SSSR count). The van der Waals surface area contributed by atoms with Crippen LogP contribution in [0.3, 0.4) is 0 Å². The molecule has 0 bridgehead atoms. The maximum atomic E-state index is 11.7. The first kappa shape index (κ1) is 26.3. The Hall–Kier alpha value is -3.72. The van der Waals surface area contributed by atoms with Gasteiger partial charge in [-0.05, 0) is 16.7 Å². The van der Waals surface area contributed by atoms with Crippen LogP contribution in [0.5, 0.6) is 0 Å². The van der Waals surface area contributed by atoms with Gasteiger partial charge in [-0.25, -0.2) is 0 Å². The van der Waals surface area contributed by atoms with Crippen LogP contribution in [0.15, 0.2) is 96.2 Å². The molecule has 2 N–H and O–H groups in total. The molecular formula is C29H32N2O6. The Morgan fingerprint density at radius 1 is 0.784 bits per heavy atom. The van der Waals surface area contributed by atoms with Crippen LogP contribution in [0.4, 0.5) is 0 Å². The zero-order chi connectivity index (χ0) is 25.9. The van der Waals surface area contributed by atoms with E-state index in [9.17, 15) is 10.0 Å². The standard InChI is InChI=1S/C29H32N2O6/c1-21(32)30-17-25-26(34-18-22-11-5-2-6-12-22)27(35-19-23-13-7-3-8-14-23)28(29(31-33)37-25)36-20-24-15-9-4-10-16-24/h2-16,25-28,33H,17-20H2,1H3,(H,30,32). The molecular weight excluding hydrogens is 472 g/mol. The molecule has 0 radical (unpaired) electrons. The van der Waals surface area contributed by atoms with Crippen LogP contribution in [0.25, 0.3) is 0 Å². The highest BCUT2D eigenvalue weighted by Crippen LogP contribution is 2.28. The first-order valence-corrected chi connectivity index (χ1v) is 12.2. The molecule has 8 nitrogen and oxygen atoms in total. The Labute approximate surface area is 216 Å². The molecule has 1 fully saturated rings. The Morgan fingerprint density at radius 3 is 1.70 bits per heavy atom. The van der Waals surface area contributed by atoms with E-state index < -0.39 is 24.4 Å². The molecule has 0 saturated carbocycles. The summed E-state index contributed by atoms with van der Waals surface area (Å²) in [6.45, 7) is 2.41. The quantitative estimate of drug-likeness (QED) is 0.302. The van der Waals surface area contributed by atoms with Gasteiger partial charge < -0.3 is 29.5 Å². The van der Waals surface area contributed by atoms with Gasteiger partial charge in [-0.2, -0.15) is 0 Å². The molecule has 0 aliphatic carbocycles. The van der Waals surface area contributed by atoms with E-state index in [0.29, 0.717) is 6.61 Å². The van der Waals surface area contributed by atoms with Crippen molar-refractivity contribution in [3.63, 3.8) is 0 Å². The lowest BCUT2D eigenvalue weighted by atomic mass is 9.97. The summed E-state index contributed by atoms with van der Waals surface area (Å²) in [6, 6.07) is 29.2. The number of nitrogens with one attached hydrogen (secondary N) is 1. The number of ether oxygens (including phenoxy) is 4. The second kappa shape index (κ2) is 13.5. The van der Waals surface area contributed by atoms with Crippen molar-refractivity contribution in [3.8, 4) is 0 Å². The Bertz CT molecular complexity index is 1130. The predicted octanol–water partition coefficient (Wildman–Crippen LogP) is 4.07. The van der Waals surface area contributed by atoms with E-state index >= 15 is 0 Å². The lowest BCUT2D eigenvalue weighted by Gasteiger charge is -2.42. The SMILES string of the molecule is CC(=O)NCC1OC(=NO)C(OCc2ccccc2)C(OCc2ccccc2)C1OCc1ccccc1. The molecule has 8 heteroatoms. The van der Waals surface area contributed by atoms with E-state index in [1.54, 1.807) is 0 Å². The van der Waals surface area contributed by atoms with Crippen LogP contribution < -0.4 is 5.32 Å². The van der Waals surface area contributed by atoms with E-state index in [1.807, 2.05) is 91.0 Å². The summed E-state index contributed by atoms with van der Waals surface area (Å²) < 4.78 is 25.0. The third kappa shape index (κ3) is 7.63. The summed E-state index contributed by atoms with van der Waals surface area (Å²) in [4.78, 5) is 11.7. The predicted molar refractivity (Wildman–Crippen MR) is 138 cm³/mol. The highest BCUT2D eigenvalue weighted by Gasteiger charge is 2.48. The van der Waals surface area contributed by atoms with E-state index in [0.717, 1.165) is 16.7 Å². The fourth-order valence-electron chi connectivity index (χ4n) is 4.14. The molecule has 1 aliphatic rings. The van der Waals surface area contributed by atoms with Gasteiger partial charge in [0, 0.05) is 6.92 Å². The second-order valence-corrected chi connectivity index (χ2v) is 8.77. The zero-order valence-corrected chi connectivity index (χ0v) is 20.7. The van der Waals surface area contributed by atoms with Crippen LogP contribution in [-0.4, -0.2) is 48.0 Å². The smallest absolute Gasteiger partial charge is 0.258 e. The minimum absolute atomic E-state index is 0.0242. The summed E-state index contributed by atoms with van der Waals surface area (Å²) >= 11 is 0. The third-order valence-electron chi connectivity index (χ3n) is 6.00. The van der Waals surface area contributed by atoms with Crippen LogP contribution in [0.2, 0.25) is 0 Å².